The number of amides is 1. The molecular weight excluding hydrogens is 350 g/mol. The second-order valence-electron chi connectivity index (χ2n) is 7.18. The Hall–Kier alpha value is -2.95. The zero-order valence-corrected chi connectivity index (χ0v) is 16.7. The quantitative estimate of drug-likeness (QED) is 0.677. The highest BCUT2D eigenvalue weighted by Crippen LogP contribution is 2.27. The molecule has 1 unspecified atom stereocenters. The van der Waals surface area contributed by atoms with E-state index < -0.39 is 0 Å². The molecule has 0 saturated carbocycles. The van der Waals surface area contributed by atoms with E-state index in [1.54, 1.807) is 6.07 Å². The molecule has 0 bridgehead atoms. The molecule has 0 aliphatic heterocycles. The van der Waals surface area contributed by atoms with Gasteiger partial charge < -0.3 is 5.32 Å². The number of hydrogen-bond acceptors (Lipinski definition) is 3. The molecule has 1 amide bonds. The fourth-order valence-electron chi connectivity index (χ4n) is 3.72. The summed E-state index contributed by atoms with van der Waals surface area (Å²) in [5.74, 6) is 0.150. The lowest BCUT2D eigenvalue weighted by Gasteiger charge is -2.27. The molecule has 0 aliphatic rings. The number of hydrogen-bond donors (Lipinski definition) is 1. The summed E-state index contributed by atoms with van der Waals surface area (Å²) in [6, 6.07) is 15.4. The van der Waals surface area contributed by atoms with Gasteiger partial charge >= 0.3 is 0 Å². The van der Waals surface area contributed by atoms with Crippen LogP contribution >= 0.6 is 0 Å². The third kappa shape index (κ3) is 4.14. The lowest BCUT2D eigenvalue weighted by molar-refractivity contribution is -0.122. The molecule has 1 aromatic heterocycles. The van der Waals surface area contributed by atoms with Crippen molar-refractivity contribution < 1.29 is 4.79 Å². The van der Waals surface area contributed by atoms with Gasteiger partial charge in [-0.25, -0.2) is 4.98 Å². The molecule has 3 aromatic rings. The third-order valence-corrected chi connectivity index (χ3v) is 5.36. The highest BCUT2D eigenvalue weighted by molar-refractivity contribution is 5.81. The van der Waals surface area contributed by atoms with Crippen LogP contribution in [0.15, 0.2) is 59.7 Å². The first-order valence-corrected chi connectivity index (χ1v) is 9.84. The minimum Gasteiger partial charge on any atom is -0.347 e. The van der Waals surface area contributed by atoms with E-state index >= 15 is 0 Å². The van der Waals surface area contributed by atoms with Crippen LogP contribution in [-0.2, 0) is 11.3 Å². The predicted octanol–water partition coefficient (Wildman–Crippen LogP) is 4.00. The van der Waals surface area contributed by atoms with Crippen LogP contribution in [0.3, 0.4) is 0 Å². The Morgan fingerprint density at radius 2 is 1.79 bits per heavy atom. The van der Waals surface area contributed by atoms with Crippen LogP contribution in [0, 0.1) is 12.8 Å². The lowest BCUT2D eigenvalue weighted by Crippen LogP contribution is -2.37. The fourth-order valence-corrected chi connectivity index (χ4v) is 3.72. The Morgan fingerprint density at radius 3 is 2.46 bits per heavy atom. The van der Waals surface area contributed by atoms with Crippen LogP contribution in [0.2, 0.25) is 0 Å². The number of fused-ring (bicyclic) bond motifs is 1. The third-order valence-electron chi connectivity index (χ3n) is 5.36. The highest BCUT2D eigenvalue weighted by atomic mass is 16.2. The second kappa shape index (κ2) is 8.83. The maximum absolute atomic E-state index is 12.8. The van der Waals surface area contributed by atoms with Crippen LogP contribution in [0.4, 0.5) is 0 Å². The molecular formula is C23H27N3O2. The number of rotatable bonds is 7. The van der Waals surface area contributed by atoms with Gasteiger partial charge in [0, 0.05) is 0 Å². The largest absolute Gasteiger partial charge is 0.347 e. The summed E-state index contributed by atoms with van der Waals surface area (Å²) in [7, 11) is 0. The Bertz CT molecular complexity index is 1010. The van der Waals surface area contributed by atoms with E-state index in [0.717, 1.165) is 24.0 Å². The van der Waals surface area contributed by atoms with Crippen molar-refractivity contribution in [1.29, 1.82) is 0 Å². The van der Waals surface area contributed by atoms with Gasteiger partial charge in [0.1, 0.15) is 6.54 Å². The fraction of sp³-hybridized carbons (Fsp3) is 0.348. The summed E-state index contributed by atoms with van der Waals surface area (Å²) < 4.78 is 1.38. The van der Waals surface area contributed by atoms with Gasteiger partial charge in [-0.2, -0.15) is 0 Å². The molecule has 5 heteroatoms. The molecule has 0 aliphatic carbocycles. The SMILES string of the molecule is CCC(CC)C(NC(=O)Cn1cnc2c(C)cccc2c1=O)c1ccccc1. The van der Waals surface area contributed by atoms with E-state index in [0.29, 0.717) is 16.8 Å². The van der Waals surface area contributed by atoms with Gasteiger partial charge in [-0.15, -0.1) is 0 Å². The van der Waals surface area contributed by atoms with E-state index in [1.807, 2.05) is 49.4 Å². The molecule has 0 fully saturated rings. The molecule has 0 saturated heterocycles. The number of nitrogens with zero attached hydrogens (tertiary/aromatic N) is 2. The lowest BCUT2D eigenvalue weighted by atomic mass is 9.89. The average molecular weight is 377 g/mol. The van der Waals surface area contributed by atoms with Crippen LogP contribution in [0.1, 0.15) is 43.9 Å². The van der Waals surface area contributed by atoms with Crippen molar-refractivity contribution in [2.24, 2.45) is 5.92 Å². The summed E-state index contributed by atoms with van der Waals surface area (Å²) in [6.45, 7) is 6.15. The van der Waals surface area contributed by atoms with Crippen molar-refractivity contribution in [3.8, 4) is 0 Å². The van der Waals surface area contributed by atoms with Crippen LogP contribution in [0.25, 0.3) is 10.9 Å². The van der Waals surface area contributed by atoms with E-state index in [2.05, 4.69) is 24.1 Å². The molecule has 0 spiro atoms. The minimum atomic E-state index is -0.192. The summed E-state index contributed by atoms with van der Waals surface area (Å²) >= 11 is 0. The van der Waals surface area contributed by atoms with Crippen molar-refractivity contribution >= 4 is 16.8 Å². The summed E-state index contributed by atoms with van der Waals surface area (Å²) in [4.78, 5) is 29.9. The Balaban J connectivity index is 1.84. The van der Waals surface area contributed by atoms with E-state index in [-0.39, 0.29) is 24.1 Å². The van der Waals surface area contributed by atoms with Gasteiger partial charge in [-0.1, -0.05) is 69.2 Å². The molecule has 3 rings (SSSR count). The molecule has 28 heavy (non-hydrogen) atoms. The predicted molar refractivity (Wildman–Crippen MR) is 112 cm³/mol. The van der Waals surface area contributed by atoms with E-state index in [4.69, 9.17) is 0 Å². The zero-order chi connectivity index (χ0) is 20.1. The Morgan fingerprint density at radius 1 is 1.07 bits per heavy atom. The van der Waals surface area contributed by atoms with Gasteiger partial charge in [0.25, 0.3) is 5.56 Å². The van der Waals surface area contributed by atoms with Crippen LogP contribution < -0.4 is 10.9 Å². The molecule has 146 valence electrons. The highest BCUT2D eigenvalue weighted by Gasteiger charge is 2.22. The van der Waals surface area contributed by atoms with Gasteiger partial charge in [-0.3, -0.25) is 14.2 Å². The number of nitrogens with one attached hydrogen (secondary N) is 1. The first-order valence-electron chi connectivity index (χ1n) is 9.84. The van der Waals surface area contributed by atoms with Gasteiger partial charge in [0.05, 0.1) is 23.3 Å². The normalized spacial score (nSPS) is 12.3. The minimum absolute atomic E-state index is 0.0425. The van der Waals surface area contributed by atoms with Gasteiger partial charge in [0.15, 0.2) is 0 Å². The first kappa shape index (κ1) is 19.8. The summed E-state index contributed by atoms with van der Waals surface area (Å²) in [6.07, 6.45) is 3.39. The number of aromatic nitrogens is 2. The molecule has 1 atom stereocenters. The number of para-hydroxylation sites is 1. The standard InChI is InChI=1S/C23H27N3O2/c1-4-17(5-2)22(18-11-7-6-8-12-18)25-20(27)14-26-15-24-21-16(3)10-9-13-19(21)23(26)28/h6-13,15,17,22H,4-5,14H2,1-3H3,(H,25,27). The van der Waals surface area contributed by atoms with E-state index in [9.17, 15) is 9.59 Å². The number of carbonyl (C=O) groups excluding carboxylic acids is 1. The summed E-state index contributed by atoms with van der Waals surface area (Å²) in [5.41, 5.74) is 2.53. The van der Waals surface area contributed by atoms with Crippen molar-refractivity contribution in [1.82, 2.24) is 14.9 Å². The van der Waals surface area contributed by atoms with Gasteiger partial charge in [-0.05, 0) is 30.0 Å². The molecule has 1 heterocycles. The van der Waals surface area contributed by atoms with Crippen molar-refractivity contribution in [3.63, 3.8) is 0 Å². The molecule has 2 aromatic carbocycles. The first-order chi connectivity index (χ1) is 13.5. The monoisotopic (exact) mass is 377 g/mol. The zero-order valence-electron chi connectivity index (χ0n) is 16.7. The number of benzene rings is 2. The van der Waals surface area contributed by atoms with Crippen molar-refractivity contribution in [2.75, 3.05) is 0 Å². The summed E-state index contributed by atoms with van der Waals surface area (Å²) in [5, 5.41) is 3.68. The smallest absolute Gasteiger partial charge is 0.261 e. The molecule has 0 radical (unpaired) electrons. The topological polar surface area (TPSA) is 64.0 Å². The van der Waals surface area contributed by atoms with E-state index in [1.165, 1.54) is 10.9 Å². The van der Waals surface area contributed by atoms with Crippen molar-refractivity contribution in [3.05, 3.63) is 76.3 Å². The maximum Gasteiger partial charge on any atom is 0.261 e. The maximum atomic E-state index is 12.8. The molecule has 5 nitrogen and oxygen atoms in total. The molecule has 1 N–H and O–H groups in total. The number of carbonyl (C=O) groups is 1. The van der Waals surface area contributed by atoms with Crippen LogP contribution in [0.5, 0.6) is 0 Å². The van der Waals surface area contributed by atoms with Gasteiger partial charge in [0.2, 0.25) is 5.91 Å². The Kier molecular flexibility index (Phi) is 6.24. The second-order valence-corrected chi connectivity index (χ2v) is 7.18. The average Bonchev–Trinajstić information content (AvgIpc) is 2.71. The Labute approximate surface area is 165 Å². The van der Waals surface area contributed by atoms with Crippen LogP contribution in [-0.4, -0.2) is 15.5 Å². The van der Waals surface area contributed by atoms with Crippen molar-refractivity contribution in [2.45, 2.75) is 46.2 Å². The number of aryl methyl sites for hydroxylation is 1.